The van der Waals surface area contributed by atoms with E-state index in [4.69, 9.17) is 0 Å². The fourth-order valence-electron chi connectivity index (χ4n) is 0.883. The van der Waals surface area contributed by atoms with Gasteiger partial charge >= 0.3 is 0 Å². The summed E-state index contributed by atoms with van der Waals surface area (Å²) in [5, 5.41) is 3.00. The smallest absolute Gasteiger partial charge is 0.00174 e. The average Bonchev–Trinajstić information content (AvgIpc) is 2.20. The highest BCUT2D eigenvalue weighted by atomic mass is 14.8. The molecule has 1 N–H and O–H groups in total. The minimum Gasteiger partial charge on any atom is -0.319 e. The van der Waals surface area contributed by atoms with Crippen LogP contribution < -0.4 is 5.32 Å². The standard InChI is InChI=1S/C8H10.C5H11N/c1-7-3-5-8(2)6-4-7;1-3-4-5-6-2/h3-6H,1-2H3;3,6H,1,4-5H2,2H3. The summed E-state index contributed by atoms with van der Waals surface area (Å²) >= 11 is 0. The third-order valence-corrected chi connectivity index (χ3v) is 1.82. The Balaban J connectivity index is 0.000000255. The van der Waals surface area contributed by atoms with Gasteiger partial charge in [0.1, 0.15) is 0 Å². The molecule has 0 heterocycles. The van der Waals surface area contributed by atoms with Crippen LogP contribution in [0.5, 0.6) is 0 Å². The van der Waals surface area contributed by atoms with Crippen molar-refractivity contribution in [2.45, 2.75) is 20.3 Å². The predicted octanol–water partition coefficient (Wildman–Crippen LogP) is 3.09. The molecule has 0 aliphatic carbocycles. The molecule has 0 aliphatic rings. The lowest BCUT2D eigenvalue weighted by molar-refractivity contribution is 0.809. The van der Waals surface area contributed by atoms with Crippen molar-refractivity contribution in [1.29, 1.82) is 0 Å². The highest BCUT2D eigenvalue weighted by Crippen LogP contribution is 1.99. The highest BCUT2D eigenvalue weighted by Gasteiger charge is 1.79. The topological polar surface area (TPSA) is 12.0 Å². The Morgan fingerprint density at radius 1 is 1.14 bits per heavy atom. The molecule has 0 atom stereocenters. The zero-order valence-electron chi connectivity index (χ0n) is 9.51. The fourth-order valence-corrected chi connectivity index (χ4v) is 0.883. The van der Waals surface area contributed by atoms with Gasteiger partial charge in [-0.05, 0) is 33.9 Å². The molecule has 78 valence electrons. The Morgan fingerprint density at radius 3 is 1.79 bits per heavy atom. The Morgan fingerprint density at radius 2 is 1.57 bits per heavy atom. The summed E-state index contributed by atoms with van der Waals surface area (Å²) in [4.78, 5) is 0. The summed E-state index contributed by atoms with van der Waals surface area (Å²) in [6.07, 6.45) is 2.97. The average molecular weight is 191 g/mol. The summed E-state index contributed by atoms with van der Waals surface area (Å²) in [6.45, 7) is 8.80. The fraction of sp³-hybridized carbons (Fsp3) is 0.385. The van der Waals surface area contributed by atoms with Crippen LogP contribution in [0.15, 0.2) is 36.9 Å². The molecule has 1 rings (SSSR count). The molecule has 0 fully saturated rings. The van der Waals surface area contributed by atoms with Crippen molar-refractivity contribution in [3.8, 4) is 0 Å². The maximum atomic E-state index is 3.56. The zero-order valence-corrected chi connectivity index (χ0v) is 9.51. The van der Waals surface area contributed by atoms with Crippen molar-refractivity contribution in [2.24, 2.45) is 0 Å². The first-order valence-corrected chi connectivity index (χ1v) is 4.99. The molecule has 0 aliphatic heterocycles. The molecular formula is C13H21N. The lowest BCUT2D eigenvalue weighted by atomic mass is 10.2. The second-order valence-corrected chi connectivity index (χ2v) is 3.34. The van der Waals surface area contributed by atoms with E-state index >= 15 is 0 Å². The van der Waals surface area contributed by atoms with Crippen molar-refractivity contribution in [3.05, 3.63) is 48.0 Å². The van der Waals surface area contributed by atoms with Crippen molar-refractivity contribution in [1.82, 2.24) is 5.32 Å². The molecule has 0 amide bonds. The Bertz CT molecular complexity index is 215. The normalized spacial score (nSPS) is 8.79. The van der Waals surface area contributed by atoms with Crippen molar-refractivity contribution >= 4 is 0 Å². The first-order valence-electron chi connectivity index (χ1n) is 4.99. The van der Waals surface area contributed by atoms with Gasteiger partial charge in [-0.25, -0.2) is 0 Å². The van der Waals surface area contributed by atoms with Gasteiger partial charge < -0.3 is 5.32 Å². The van der Waals surface area contributed by atoms with E-state index in [9.17, 15) is 0 Å². The van der Waals surface area contributed by atoms with Crippen molar-refractivity contribution in [3.63, 3.8) is 0 Å². The van der Waals surface area contributed by atoms with Crippen LogP contribution in [0.1, 0.15) is 17.5 Å². The third-order valence-electron chi connectivity index (χ3n) is 1.82. The largest absolute Gasteiger partial charge is 0.319 e. The number of hydrogen-bond donors (Lipinski definition) is 1. The number of rotatable bonds is 3. The van der Waals surface area contributed by atoms with E-state index in [1.807, 2.05) is 13.1 Å². The first kappa shape index (κ1) is 12.9. The van der Waals surface area contributed by atoms with Gasteiger partial charge in [0.2, 0.25) is 0 Å². The Labute approximate surface area is 87.9 Å². The Kier molecular flexibility index (Phi) is 7.86. The molecule has 1 heteroatoms. The van der Waals surface area contributed by atoms with E-state index in [1.165, 1.54) is 11.1 Å². The number of nitrogens with one attached hydrogen (secondary N) is 1. The van der Waals surface area contributed by atoms with Gasteiger partial charge in [0.05, 0.1) is 0 Å². The second-order valence-electron chi connectivity index (χ2n) is 3.34. The Hall–Kier alpha value is -1.08. The summed E-state index contributed by atoms with van der Waals surface area (Å²) < 4.78 is 0. The maximum absolute atomic E-state index is 3.56. The zero-order chi connectivity index (χ0) is 10.8. The molecule has 0 saturated heterocycles. The summed E-state index contributed by atoms with van der Waals surface area (Å²) in [5.41, 5.74) is 2.66. The lowest BCUT2D eigenvalue weighted by Gasteiger charge is -1.90. The number of hydrogen-bond acceptors (Lipinski definition) is 1. The molecule has 0 radical (unpaired) electrons. The van der Waals surface area contributed by atoms with Gasteiger partial charge in [-0.15, -0.1) is 6.58 Å². The van der Waals surface area contributed by atoms with E-state index in [0.29, 0.717) is 0 Å². The maximum Gasteiger partial charge on any atom is -0.00174 e. The monoisotopic (exact) mass is 191 g/mol. The van der Waals surface area contributed by atoms with Crippen LogP contribution in [0.4, 0.5) is 0 Å². The number of aryl methyl sites for hydroxylation is 2. The van der Waals surface area contributed by atoms with Gasteiger partial charge in [0.15, 0.2) is 0 Å². The van der Waals surface area contributed by atoms with Crippen LogP contribution in [0.25, 0.3) is 0 Å². The van der Waals surface area contributed by atoms with Crippen LogP contribution >= 0.6 is 0 Å². The second kappa shape index (κ2) is 8.52. The van der Waals surface area contributed by atoms with E-state index in [1.54, 1.807) is 0 Å². The third kappa shape index (κ3) is 7.56. The number of benzene rings is 1. The van der Waals surface area contributed by atoms with Crippen LogP contribution in [0, 0.1) is 13.8 Å². The summed E-state index contributed by atoms with van der Waals surface area (Å²) in [6, 6.07) is 8.48. The van der Waals surface area contributed by atoms with Gasteiger partial charge in [-0.2, -0.15) is 0 Å². The van der Waals surface area contributed by atoms with Gasteiger partial charge in [-0.1, -0.05) is 41.5 Å². The van der Waals surface area contributed by atoms with Crippen LogP contribution in [-0.4, -0.2) is 13.6 Å². The minimum absolute atomic E-state index is 1.05. The van der Waals surface area contributed by atoms with Crippen molar-refractivity contribution < 1.29 is 0 Å². The molecule has 0 bridgehead atoms. The molecule has 1 aromatic rings. The van der Waals surface area contributed by atoms with Gasteiger partial charge in [-0.3, -0.25) is 0 Å². The SMILES string of the molecule is C=CCCNC.Cc1ccc(C)cc1. The molecule has 1 nitrogen and oxygen atoms in total. The van der Waals surface area contributed by atoms with Crippen molar-refractivity contribution in [2.75, 3.05) is 13.6 Å². The lowest BCUT2D eigenvalue weighted by Crippen LogP contribution is -2.05. The molecule has 1 aromatic carbocycles. The van der Waals surface area contributed by atoms with Gasteiger partial charge in [0, 0.05) is 0 Å². The molecular weight excluding hydrogens is 170 g/mol. The molecule has 0 spiro atoms. The minimum atomic E-state index is 1.05. The molecule has 0 unspecified atom stereocenters. The van der Waals surface area contributed by atoms with Crippen LogP contribution in [0.3, 0.4) is 0 Å². The van der Waals surface area contributed by atoms with Crippen LogP contribution in [-0.2, 0) is 0 Å². The summed E-state index contributed by atoms with van der Waals surface area (Å²) in [7, 11) is 1.93. The quantitative estimate of drug-likeness (QED) is 0.572. The first-order chi connectivity index (χ1) is 6.70. The predicted molar refractivity (Wildman–Crippen MR) is 64.7 cm³/mol. The summed E-state index contributed by atoms with van der Waals surface area (Å²) in [5.74, 6) is 0. The van der Waals surface area contributed by atoms with Gasteiger partial charge in [0.25, 0.3) is 0 Å². The molecule has 14 heavy (non-hydrogen) atoms. The van der Waals surface area contributed by atoms with E-state index in [-0.39, 0.29) is 0 Å². The van der Waals surface area contributed by atoms with Crippen LogP contribution in [0.2, 0.25) is 0 Å². The highest BCUT2D eigenvalue weighted by molar-refractivity contribution is 5.19. The van der Waals surface area contributed by atoms with E-state index < -0.39 is 0 Å². The molecule has 0 saturated carbocycles. The van der Waals surface area contributed by atoms with E-state index in [2.05, 4.69) is 50.0 Å². The molecule has 0 aromatic heterocycles. The van der Waals surface area contributed by atoms with E-state index in [0.717, 1.165) is 13.0 Å².